The van der Waals surface area contributed by atoms with Gasteiger partial charge in [0.15, 0.2) is 0 Å². The Labute approximate surface area is 135 Å². The molecule has 22 heavy (non-hydrogen) atoms. The van der Waals surface area contributed by atoms with E-state index in [0.717, 1.165) is 17.7 Å². The van der Waals surface area contributed by atoms with E-state index in [1.165, 1.54) is 6.92 Å². The Bertz CT molecular complexity index is 641. The summed E-state index contributed by atoms with van der Waals surface area (Å²) in [5, 5.41) is 2.41. The molecule has 0 radical (unpaired) electrons. The molecule has 0 aliphatic heterocycles. The average molecular weight is 370 g/mol. The number of alkyl carbamates (subject to hydrolysis) is 1. The van der Waals surface area contributed by atoms with Crippen molar-refractivity contribution < 1.29 is 18.3 Å². The van der Waals surface area contributed by atoms with Gasteiger partial charge in [-0.15, -0.1) is 0 Å². The standard InChI is InChI=1S/C16H14BrF2NO2/c1-10(15-13(18)7-12(17)8-14(15)19)20-16(21)22-9-11-5-3-2-4-6-11/h2-8,10H,9H2,1H3,(H,20,21)/t10-/m1/s1. The molecule has 2 aromatic carbocycles. The summed E-state index contributed by atoms with van der Waals surface area (Å²) in [5.74, 6) is -1.47. The second-order valence-electron chi connectivity index (χ2n) is 4.71. The van der Waals surface area contributed by atoms with Gasteiger partial charge in [0.25, 0.3) is 0 Å². The second kappa shape index (κ2) is 7.35. The maximum Gasteiger partial charge on any atom is 0.407 e. The lowest BCUT2D eigenvalue weighted by Crippen LogP contribution is -2.28. The van der Waals surface area contributed by atoms with Gasteiger partial charge in [-0.05, 0) is 24.6 Å². The van der Waals surface area contributed by atoms with Crippen LogP contribution in [0.15, 0.2) is 46.9 Å². The van der Waals surface area contributed by atoms with Crippen molar-refractivity contribution >= 4 is 22.0 Å². The molecule has 116 valence electrons. The third-order valence-corrected chi connectivity index (χ3v) is 3.48. The highest BCUT2D eigenvalue weighted by molar-refractivity contribution is 9.10. The van der Waals surface area contributed by atoms with E-state index >= 15 is 0 Å². The number of amides is 1. The number of halogens is 3. The third kappa shape index (κ3) is 4.27. The number of benzene rings is 2. The molecule has 0 spiro atoms. The zero-order valence-corrected chi connectivity index (χ0v) is 13.4. The fraction of sp³-hybridized carbons (Fsp3) is 0.188. The molecule has 1 atom stereocenters. The van der Waals surface area contributed by atoms with Gasteiger partial charge in [0.05, 0.1) is 6.04 Å². The van der Waals surface area contributed by atoms with E-state index < -0.39 is 23.8 Å². The van der Waals surface area contributed by atoms with Gasteiger partial charge < -0.3 is 10.1 Å². The predicted molar refractivity (Wildman–Crippen MR) is 82.2 cm³/mol. The first-order valence-electron chi connectivity index (χ1n) is 6.59. The number of carbonyl (C=O) groups excluding carboxylic acids is 1. The molecule has 0 aromatic heterocycles. The van der Waals surface area contributed by atoms with Gasteiger partial charge in [-0.25, -0.2) is 13.6 Å². The first kappa shape index (κ1) is 16.4. The number of hydrogen-bond donors (Lipinski definition) is 1. The fourth-order valence-electron chi connectivity index (χ4n) is 1.98. The van der Waals surface area contributed by atoms with E-state index in [-0.39, 0.29) is 12.2 Å². The summed E-state index contributed by atoms with van der Waals surface area (Å²) < 4.78 is 32.9. The first-order valence-corrected chi connectivity index (χ1v) is 7.38. The van der Waals surface area contributed by atoms with Crippen molar-refractivity contribution in [3.05, 3.63) is 69.7 Å². The highest BCUT2D eigenvalue weighted by Gasteiger charge is 2.19. The number of rotatable bonds is 4. The molecule has 3 nitrogen and oxygen atoms in total. The van der Waals surface area contributed by atoms with E-state index in [4.69, 9.17) is 4.74 Å². The predicted octanol–water partition coefficient (Wildman–Crippen LogP) is 4.71. The Morgan fingerprint density at radius 2 is 1.82 bits per heavy atom. The molecule has 0 bridgehead atoms. The van der Waals surface area contributed by atoms with Gasteiger partial charge in [0.2, 0.25) is 0 Å². The van der Waals surface area contributed by atoms with Gasteiger partial charge >= 0.3 is 6.09 Å². The normalized spacial score (nSPS) is 11.8. The van der Waals surface area contributed by atoms with E-state index in [2.05, 4.69) is 21.2 Å². The largest absolute Gasteiger partial charge is 0.445 e. The molecular weight excluding hydrogens is 356 g/mol. The fourth-order valence-corrected chi connectivity index (χ4v) is 2.38. The smallest absolute Gasteiger partial charge is 0.407 e. The van der Waals surface area contributed by atoms with E-state index in [0.29, 0.717) is 4.47 Å². The van der Waals surface area contributed by atoms with Gasteiger partial charge in [0.1, 0.15) is 18.2 Å². The van der Waals surface area contributed by atoms with Crippen LogP contribution in [0.1, 0.15) is 24.1 Å². The minimum Gasteiger partial charge on any atom is -0.445 e. The van der Waals surface area contributed by atoms with Crippen LogP contribution < -0.4 is 5.32 Å². The highest BCUT2D eigenvalue weighted by atomic mass is 79.9. The van der Waals surface area contributed by atoms with Crippen molar-refractivity contribution in [2.45, 2.75) is 19.6 Å². The van der Waals surface area contributed by atoms with Crippen molar-refractivity contribution in [2.24, 2.45) is 0 Å². The highest BCUT2D eigenvalue weighted by Crippen LogP contribution is 2.24. The molecule has 0 aliphatic rings. The van der Waals surface area contributed by atoms with Gasteiger partial charge in [-0.2, -0.15) is 0 Å². The maximum atomic E-state index is 13.8. The summed E-state index contributed by atoms with van der Waals surface area (Å²) in [5.41, 5.74) is 0.617. The maximum absolute atomic E-state index is 13.8. The van der Waals surface area contributed by atoms with Gasteiger partial charge in [-0.3, -0.25) is 0 Å². The summed E-state index contributed by atoms with van der Waals surface area (Å²) in [7, 11) is 0. The Balaban J connectivity index is 1.97. The molecule has 0 heterocycles. The van der Waals surface area contributed by atoms with Crippen molar-refractivity contribution in [2.75, 3.05) is 0 Å². The lowest BCUT2D eigenvalue weighted by molar-refractivity contribution is 0.136. The van der Waals surface area contributed by atoms with Crippen LogP contribution in [0.2, 0.25) is 0 Å². The molecule has 6 heteroatoms. The molecular formula is C16H14BrF2NO2. The zero-order valence-electron chi connectivity index (χ0n) is 11.8. The topological polar surface area (TPSA) is 38.3 Å². The molecule has 0 fully saturated rings. The van der Waals surface area contributed by atoms with Crippen LogP contribution in [0.4, 0.5) is 13.6 Å². The minimum atomic E-state index is -0.851. The Hall–Kier alpha value is -1.95. The van der Waals surface area contributed by atoms with E-state index in [1.54, 1.807) is 0 Å². The molecule has 0 aliphatic carbocycles. The van der Waals surface area contributed by atoms with E-state index in [9.17, 15) is 13.6 Å². The first-order chi connectivity index (χ1) is 10.5. The quantitative estimate of drug-likeness (QED) is 0.846. The molecule has 2 aromatic rings. The zero-order chi connectivity index (χ0) is 16.1. The van der Waals surface area contributed by atoms with Crippen molar-refractivity contribution in [3.63, 3.8) is 0 Å². The van der Waals surface area contributed by atoms with Crippen LogP contribution in [0, 0.1) is 11.6 Å². The number of ether oxygens (including phenoxy) is 1. The van der Waals surface area contributed by atoms with Crippen molar-refractivity contribution in [1.82, 2.24) is 5.32 Å². The monoisotopic (exact) mass is 369 g/mol. The Morgan fingerprint density at radius 1 is 1.23 bits per heavy atom. The van der Waals surface area contributed by atoms with Crippen molar-refractivity contribution in [1.29, 1.82) is 0 Å². The lowest BCUT2D eigenvalue weighted by Gasteiger charge is -2.16. The molecule has 0 saturated carbocycles. The average Bonchev–Trinajstić information content (AvgIpc) is 2.45. The summed E-state index contributed by atoms with van der Waals surface area (Å²) in [4.78, 5) is 11.7. The minimum absolute atomic E-state index is 0.0880. The number of carbonyl (C=O) groups is 1. The SMILES string of the molecule is C[C@@H](NC(=O)OCc1ccccc1)c1c(F)cc(Br)cc1F. The molecule has 1 N–H and O–H groups in total. The number of nitrogens with one attached hydrogen (secondary N) is 1. The summed E-state index contributed by atoms with van der Waals surface area (Å²) in [6.07, 6.45) is -0.738. The van der Waals surface area contributed by atoms with Crippen LogP contribution in [-0.4, -0.2) is 6.09 Å². The Kier molecular flexibility index (Phi) is 5.49. The summed E-state index contributed by atoms with van der Waals surface area (Å²) in [6.45, 7) is 1.57. The van der Waals surface area contributed by atoms with Gasteiger partial charge in [0, 0.05) is 10.0 Å². The summed E-state index contributed by atoms with van der Waals surface area (Å²) >= 11 is 3.01. The van der Waals surface area contributed by atoms with Crippen LogP contribution in [-0.2, 0) is 11.3 Å². The van der Waals surface area contributed by atoms with Gasteiger partial charge in [-0.1, -0.05) is 46.3 Å². The number of hydrogen-bond acceptors (Lipinski definition) is 2. The summed E-state index contributed by atoms with van der Waals surface area (Å²) in [6, 6.07) is 10.6. The van der Waals surface area contributed by atoms with Crippen LogP contribution in [0.3, 0.4) is 0 Å². The third-order valence-electron chi connectivity index (χ3n) is 3.02. The molecule has 2 rings (SSSR count). The lowest BCUT2D eigenvalue weighted by atomic mass is 10.1. The van der Waals surface area contributed by atoms with Crippen LogP contribution in [0.5, 0.6) is 0 Å². The second-order valence-corrected chi connectivity index (χ2v) is 5.63. The molecule has 1 amide bonds. The van der Waals surface area contributed by atoms with Crippen LogP contribution >= 0.6 is 15.9 Å². The Morgan fingerprint density at radius 3 is 2.41 bits per heavy atom. The molecule has 0 saturated heterocycles. The van der Waals surface area contributed by atoms with Crippen molar-refractivity contribution in [3.8, 4) is 0 Å². The van der Waals surface area contributed by atoms with Crippen LogP contribution in [0.25, 0.3) is 0 Å². The molecule has 0 unspecified atom stereocenters. The van der Waals surface area contributed by atoms with E-state index in [1.807, 2.05) is 30.3 Å².